The Kier molecular flexibility index (Phi) is 4.30. The second-order valence-corrected chi connectivity index (χ2v) is 4.20. The molecule has 2 aromatic carbocycles. The van der Waals surface area contributed by atoms with Crippen molar-refractivity contribution in [2.45, 2.75) is 6.42 Å². The molecule has 3 nitrogen and oxygen atoms in total. The van der Waals surface area contributed by atoms with Gasteiger partial charge in [-0.2, -0.15) is 0 Å². The third-order valence-corrected chi connectivity index (χ3v) is 2.74. The van der Waals surface area contributed by atoms with E-state index in [0.29, 0.717) is 11.4 Å². The molecule has 5 heteroatoms. The van der Waals surface area contributed by atoms with E-state index in [2.05, 4.69) is 10.1 Å². The lowest BCUT2D eigenvalue weighted by Crippen LogP contribution is -2.04. The Labute approximate surface area is 115 Å². The highest BCUT2D eigenvalue weighted by atomic mass is 19.2. The van der Waals surface area contributed by atoms with Gasteiger partial charge in [0.2, 0.25) is 0 Å². The van der Waals surface area contributed by atoms with Crippen molar-refractivity contribution in [3.63, 3.8) is 0 Å². The molecular weight excluding hydrogens is 264 g/mol. The fourth-order valence-electron chi connectivity index (χ4n) is 1.69. The van der Waals surface area contributed by atoms with Crippen molar-refractivity contribution < 1.29 is 18.3 Å². The molecular formula is C15H13F2NO2. The highest BCUT2D eigenvalue weighted by molar-refractivity contribution is 5.72. The number of halogens is 2. The van der Waals surface area contributed by atoms with Gasteiger partial charge in [-0.1, -0.05) is 12.1 Å². The highest BCUT2D eigenvalue weighted by Crippen LogP contribution is 2.19. The van der Waals surface area contributed by atoms with Gasteiger partial charge in [0, 0.05) is 17.4 Å². The minimum Gasteiger partial charge on any atom is -0.469 e. The number of rotatable bonds is 4. The van der Waals surface area contributed by atoms with Crippen molar-refractivity contribution in [1.29, 1.82) is 0 Å². The number of carbonyl (C=O) groups excluding carboxylic acids is 1. The molecule has 0 aromatic heterocycles. The first kappa shape index (κ1) is 14.0. The molecule has 0 aliphatic heterocycles. The number of nitrogens with one attached hydrogen (secondary N) is 1. The van der Waals surface area contributed by atoms with Crippen molar-refractivity contribution in [2.24, 2.45) is 0 Å². The van der Waals surface area contributed by atoms with Gasteiger partial charge in [-0.15, -0.1) is 0 Å². The van der Waals surface area contributed by atoms with Crippen LogP contribution in [0.15, 0.2) is 42.5 Å². The summed E-state index contributed by atoms with van der Waals surface area (Å²) in [5.41, 5.74) is 1.97. The maximum absolute atomic E-state index is 13.1. The average Bonchev–Trinajstić information content (AvgIpc) is 2.45. The summed E-state index contributed by atoms with van der Waals surface area (Å²) in [7, 11) is 1.33. The second-order valence-electron chi connectivity index (χ2n) is 4.20. The van der Waals surface area contributed by atoms with Crippen molar-refractivity contribution in [3.05, 3.63) is 59.7 Å². The molecule has 2 aromatic rings. The van der Waals surface area contributed by atoms with Crippen LogP contribution >= 0.6 is 0 Å². The lowest BCUT2D eigenvalue weighted by molar-refractivity contribution is -0.139. The molecule has 0 radical (unpaired) electrons. The van der Waals surface area contributed by atoms with Gasteiger partial charge in [0.05, 0.1) is 13.5 Å². The maximum Gasteiger partial charge on any atom is 0.309 e. The van der Waals surface area contributed by atoms with Crippen molar-refractivity contribution >= 4 is 17.3 Å². The van der Waals surface area contributed by atoms with Crippen LogP contribution in [-0.4, -0.2) is 13.1 Å². The molecule has 104 valence electrons. The van der Waals surface area contributed by atoms with Gasteiger partial charge in [0.15, 0.2) is 11.6 Å². The van der Waals surface area contributed by atoms with Gasteiger partial charge in [-0.25, -0.2) is 8.78 Å². The molecule has 1 N–H and O–H groups in total. The van der Waals surface area contributed by atoms with Gasteiger partial charge >= 0.3 is 5.97 Å². The Balaban J connectivity index is 2.06. The van der Waals surface area contributed by atoms with Crippen molar-refractivity contribution in [2.75, 3.05) is 12.4 Å². The minimum absolute atomic E-state index is 0.196. The van der Waals surface area contributed by atoms with Gasteiger partial charge in [0.25, 0.3) is 0 Å². The monoisotopic (exact) mass is 277 g/mol. The Bertz CT molecular complexity index is 612. The number of hydrogen-bond donors (Lipinski definition) is 1. The van der Waals surface area contributed by atoms with Crippen LogP contribution in [0, 0.1) is 11.6 Å². The molecule has 0 heterocycles. The zero-order valence-corrected chi connectivity index (χ0v) is 10.8. The van der Waals surface area contributed by atoms with Gasteiger partial charge < -0.3 is 10.1 Å². The number of anilines is 2. The van der Waals surface area contributed by atoms with Crippen molar-refractivity contribution in [1.82, 2.24) is 0 Å². The van der Waals surface area contributed by atoms with Crippen LogP contribution in [0.5, 0.6) is 0 Å². The molecule has 20 heavy (non-hydrogen) atoms. The number of esters is 1. The normalized spacial score (nSPS) is 10.2. The fraction of sp³-hybridized carbons (Fsp3) is 0.133. The van der Waals surface area contributed by atoms with E-state index in [1.807, 2.05) is 0 Å². The summed E-state index contributed by atoms with van der Waals surface area (Å²) in [4.78, 5) is 11.1. The Morgan fingerprint density at radius 1 is 1.05 bits per heavy atom. The first-order valence-electron chi connectivity index (χ1n) is 5.96. The largest absolute Gasteiger partial charge is 0.469 e. The summed E-state index contributed by atoms with van der Waals surface area (Å²) in [6.07, 6.45) is 0.196. The third-order valence-electron chi connectivity index (χ3n) is 2.74. The van der Waals surface area contributed by atoms with E-state index >= 15 is 0 Å². The van der Waals surface area contributed by atoms with Crippen molar-refractivity contribution in [3.8, 4) is 0 Å². The molecule has 0 fully saturated rings. The van der Waals surface area contributed by atoms with Gasteiger partial charge in [0.1, 0.15) is 0 Å². The van der Waals surface area contributed by atoms with E-state index in [4.69, 9.17) is 0 Å². The average molecular weight is 277 g/mol. The lowest BCUT2D eigenvalue weighted by atomic mass is 10.1. The number of ether oxygens (including phenoxy) is 1. The minimum atomic E-state index is -0.905. The first-order valence-corrected chi connectivity index (χ1v) is 5.96. The smallest absolute Gasteiger partial charge is 0.309 e. The first-order chi connectivity index (χ1) is 9.58. The van der Waals surface area contributed by atoms with E-state index in [-0.39, 0.29) is 12.4 Å². The summed E-state index contributed by atoms with van der Waals surface area (Å²) >= 11 is 0. The molecule has 0 aliphatic carbocycles. The summed E-state index contributed by atoms with van der Waals surface area (Å²) in [5, 5.41) is 2.94. The van der Waals surface area contributed by atoms with Crippen LogP contribution in [0.25, 0.3) is 0 Å². The maximum atomic E-state index is 13.1. The van der Waals surface area contributed by atoms with E-state index < -0.39 is 11.6 Å². The summed E-state index contributed by atoms with van der Waals surface area (Å²) in [6, 6.07) is 10.6. The van der Waals surface area contributed by atoms with Crippen LogP contribution in [-0.2, 0) is 16.0 Å². The molecule has 2 rings (SSSR count). The highest BCUT2D eigenvalue weighted by Gasteiger charge is 2.04. The quantitative estimate of drug-likeness (QED) is 0.870. The number of carbonyl (C=O) groups is 1. The Morgan fingerprint density at radius 3 is 2.30 bits per heavy atom. The Hall–Kier alpha value is -2.43. The molecule has 0 unspecified atom stereocenters. The molecule has 0 atom stereocenters. The lowest BCUT2D eigenvalue weighted by Gasteiger charge is -2.07. The predicted octanol–water partition coefficient (Wildman–Crippen LogP) is 3.42. The molecule has 0 aliphatic rings. The van der Waals surface area contributed by atoms with E-state index in [1.54, 1.807) is 24.3 Å². The third kappa shape index (κ3) is 3.54. The fourth-order valence-corrected chi connectivity index (χ4v) is 1.69. The molecule has 0 bridgehead atoms. The zero-order chi connectivity index (χ0) is 14.5. The standard InChI is InChI=1S/C15H13F2NO2/c1-20-15(19)8-10-2-4-11(5-3-10)18-12-6-7-13(16)14(17)9-12/h2-7,9,18H,8H2,1H3. The van der Waals surface area contributed by atoms with Crippen LogP contribution in [0.4, 0.5) is 20.2 Å². The summed E-state index contributed by atoms with van der Waals surface area (Å²) in [6.45, 7) is 0. The van der Waals surface area contributed by atoms with Gasteiger partial charge in [-0.05, 0) is 29.8 Å². The van der Waals surface area contributed by atoms with Crippen LogP contribution in [0.3, 0.4) is 0 Å². The Morgan fingerprint density at radius 2 is 1.70 bits per heavy atom. The zero-order valence-electron chi connectivity index (χ0n) is 10.8. The number of benzene rings is 2. The predicted molar refractivity (Wildman–Crippen MR) is 71.8 cm³/mol. The molecule has 0 saturated heterocycles. The van der Waals surface area contributed by atoms with Crippen LogP contribution in [0.2, 0.25) is 0 Å². The number of hydrogen-bond acceptors (Lipinski definition) is 3. The van der Waals surface area contributed by atoms with Crippen LogP contribution < -0.4 is 5.32 Å². The molecule has 0 amide bonds. The molecule has 0 spiro atoms. The number of methoxy groups -OCH3 is 1. The summed E-state index contributed by atoms with van der Waals surface area (Å²) in [5.74, 6) is -2.10. The summed E-state index contributed by atoms with van der Waals surface area (Å²) < 4.78 is 30.4. The molecule has 0 saturated carbocycles. The van der Waals surface area contributed by atoms with Crippen LogP contribution in [0.1, 0.15) is 5.56 Å². The van der Waals surface area contributed by atoms with E-state index in [9.17, 15) is 13.6 Å². The van der Waals surface area contributed by atoms with E-state index in [0.717, 1.165) is 17.7 Å². The second kappa shape index (κ2) is 6.14. The van der Waals surface area contributed by atoms with Gasteiger partial charge in [-0.3, -0.25) is 4.79 Å². The topological polar surface area (TPSA) is 38.3 Å². The SMILES string of the molecule is COC(=O)Cc1ccc(Nc2ccc(F)c(F)c2)cc1. The van der Waals surface area contributed by atoms with E-state index in [1.165, 1.54) is 13.2 Å².